The SMILES string of the molecule is COc1cc2c(cc1Nc1ncnc3scnc13)C=NC2.Clc1ncnc2scnc12. The molecule has 12 heteroatoms. The predicted molar refractivity (Wildman–Crippen MR) is 123 cm³/mol. The lowest BCUT2D eigenvalue weighted by molar-refractivity contribution is 0.416. The number of thiazole rings is 2. The fourth-order valence-electron chi connectivity index (χ4n) is 2.98. The Hall–Kier alpha value is -3.28. The number of aliphatic imine (C=N–C) groups is 1. The average molecular weight is 469 g/mol. The number of hydrogen-bond donors (Lipinski definition) is 1. The summed E-state index contributed by atoms with van der Waals surface area (Å²) in [5, 5.41) is 3.71. The van der Waals surface area contributed by atoms with E-state index in [1.54, 1.807) is 18.1 Å². The van der Waals surface area contributed by atoms with Crippen LogP contribution in [0.5, 0.6) is 5.75 Å². The van der Waals surface area contributed by atoms with Gasteiger partial charge in [0, 0.05) is 6.21 Å². The van der Waals surface area contributed by atoms with E-state index in [9.17, 15) is 0 Å². The molecule has 0 unspecified atom stereocenters. The van der Waals surface area contributed by atoms with Gasteiger partial charge in [0.05, 0.1) is 30.4 Å². The highest BCUT2D eigenvalue weighted by Gasteiger charge is 2.14. The van der Waals surface area contributed by atoms with E-state index in [0.717, 1.165) is 32.2 Å². The first kappa shape index (κ1) is 19.7. The minimum absolute atomic E-state index is 0.422. The quantitative estimate of drug-likeness (QED) is 0.385. The van der Waals surface area contributed by atoms with E-state index in [2.05, 4.69) is 40.2 Å². The van der Waals surface area contributed by atoms with Gasteiger partial charge in [-0.25, -0.2) is 29.9 Å². The van der Waals surface area contributed by atoms with Crippen molar-refractivity contribution in [3.05, 3.63) is 52.1 Å². The number of nitrogens with zero attached hydrogens (tertiary/aromatic N) is 7. The molecule has 4 aromatic heterocycles. The zero-order chi connectivity index (χ0) is 21.2. The lowest BCUT2D eigenvalue weighted by Crippen LogP contribution is -2.00. The molecule has 0 saturated carbocycles. The number of rotatable bonds is 3. The summed E-state index contributed by atoms with van der Waals surface area (Å²) in [7, 11) is 1.65. The fraction of sp³-hybridized carbons (Fsp3) is 0.105. The van der Waals surface area contributed by atoms with Crippen LogP contribution >= 0.6 is 34.3 Å². The van der Waals surface area contributed by atoms with Crippen molar-refractivity contribution >= 4 is 72.7 Å². The first-order valence-electron chi connectivity index (χ1n) is 8.94. The third kappa shape index (κ3) is 3.90. The molecule has 0 atom stereocenters. The second-order valence-corrected chi connectivity index (χ2v) is 8.27. The first-order valence-corrected chi connectivity index (χ1v) is 11.1. The van der Waals surface area contributed by atoms with Crippen molar-refractivity contribution in [1.29, 1.82) is 0 Å². The van der Waals surface area contributed by atoms with Crippen molar-refractivity contribution < 1.29 is 4.74 Å². The van der Waals surface area contributed by atoms with Crippen LogP contribution in [-0.4, -0.2) is 43.2 Å². The van der Waals surface area contributed by atoms with Gasteiger partial charge in [-0.1, -0.05) is 11.6 Å². The second-order valence-electron chi connectivity index (χ2n) is 6.25. The smallest absolute Gasteiger partial charge is 0.161 e. The van der Waals surface area contributed by atoms with Crippen molar-refractivity contribution in [2.45, 2.75) is 6.54 Å². The van der Waals surface area contributed by atoms with Crippen LogP contribution in [0.2, 0.25) is 5.15 Å². The van der Waals surface area contributed by atoms with Crippen molar-refractivity contribution in [1.82, 2.24) is 29.9 Å². The van der Waals surface area contributed by atoms with Gasteiger partial charge in [0.25, 0.3) is 0 Å². The summed E-state index contributed by atoms with van der Waals surface area (Å²) in [5.74, 6) is 1.44. The minimum atomic E-state index is 0.422. The molecule has 5 aromatic rings. The molecule has 154 valence electrons. The lowest BCUT2D eigenvalue weighted by atomic mass is 10.1. The molecule has 0 aliphatic carbocycles. The number of nitrogens with one attached hydrogen (secondary N) is 1. The van der Waals surface area contributed by atoms with Crippen LogP contribution in [0.1, 0.15) is 11.1 Å². The molecule has 0 spiro atoms. The summed E-state index contributed by atoms with van der Waals surface area (Å²) in [5.41, 5.74) is 8.02. The van der Waals surface area contributed by atoms with E-state index >= 15 is 0 Å². The summed E-state index contributed by atoms with van der Waals surface area (Å²) in [6.45, 7) is 0.704. The van der Waals surface area contributed by atoms with E-state index < -0.39 is 0 Å². The maximum absolute atomic E-state index is 5.69. The summed E-state index contributed by atoms with van der Waals surface area (Å²) in [4.78, 5) is 30.5. The molecule has 5 heterocycles. The summed E-state index contributed by atoms with van der Waals surface area (Å²) < 4.78 is 5.46. The third-order valence-electron chi connectivity index (χ3n) is 4.43. The standard InChI is InChI=1S/C14H11N5OS.C5H2ClN3S/c1-20-11-3-9-5-15-4-8(9)2-10(11)19-13-12-14(17-6-16-13)21-7-18-12;6-4-3-5(8-1-7-4)10-2-9-3/h2-4,6-7H,5H2,1H3,(H,16,17,19);1-2H. The number of ether oxygens (including phenoxy) is 1. The molecule has 6 rings (SSSR count). The van der Waals surface area contributed by atoms with E-state index in [1.807, 2.05) is 18.3 Å². The van der Waals surface area contributed by atoms with Crippen molar-refractivity contribution in [3.8, 4) is 5.75 Å². The Morgan fingerprint density at radius 3 is 2.45 bits per heavy atom. The Balaban J connectivity index is 0.000000171. The van der Waals surface area contributed by atoms with Gasteiger partial charge in [-0.15, -0.1) is 22.7 Å². The maximum atomic E-state index is 5.69. The molecule has 0 radical (unpaired) electrons. The van der Waals surface area contributed by atoms with Gasteiger partial charge in [0.15, 0.2) is 11.0 Å². The van der Waals surface area contributed by atoms with Crippen LogP contribution in [0.15, 0.2) is 40.8 Å². The highest BCUT2D eigenvalue weighted by Crippen LogP contribution is 2.33. The lowest BCUT2D eigenvalue weighted by Gasteiger charge is -2.12. The largest absolute Gasteiger partial charge is 0.495 e. The first-order chi connectivity index (χ1) is 15.2. The zero-order valence-corrected chi connectivity index (χ0v) is 18.4. The van der Waals surface area contributed by atoms with Gasteiger partial charge in [-0.2, -0.15) is 0 Å². The van der Waals surface area contributed by atoms with Crippen LogP contribution < -0.4 is 10.1 Å². The molecule has 0 saturated heterocycles. The molecule has 1 aliphatic rings. The number of halogens is 1. The Labute approximate surface area is 188 Å². The summed E-state index contributed by atoms with van der Waals surface area (Å²) >= 11 is 8.63. The van der Waals surface area contributed by atoms with Gasteiger partial charge in [0.1, 0.15) is 39.1 Å². The fourth-order valence-corrected chi connectivity index (χ4v) is 4.48. The van der Waals surface area contributed by atoms with E-state index in [4.69, 9.17) is 16.3 Å². The zero-order valence-electron chi connectivity index (χ0n) is 16.0. The molecular formula is C19H13ClN8OS2. The highest BCUT2D eigenvalue weighted by molar-refractivity contribution is 7.16. The topological polar surface area (TPSA) is 111 Å². The monoisotopic (exact) mass is 468 g/mol. The van der Waals surface area contributed by atoms with E-state index in [1.165, 1.54) is 40.9 Å². The number of benzene rings is 1. The molecule has 1 aliphatic heterocycles. The number of hydrogen-bond acceptors (Lipinski definition) is 11. The molecule has 0 bridgehead atoms. The van der Waals surface area contributed by atoms with Gasteiger partial charge in [-0.05, 0) is 23.3 Å². The van der Waals surface area contributed by atoms with Crippen molar-refractivity contribution in [2.24, 2.45) is 4.99 Å². The Kier molecular flexibility index (Phi) is 5.37. The van der Waals surface area contributed by atoms with Gasteiger partial charge < -0.3 is 10.1 Å². The van der Waals surface area contributed by atoms with Crippen LogP contribution in [0.4, 0.5) is 11.5 Å². The Bertz CT molecular complexity index is 1420. The molecule has 0 amide bonds. The molecule has 9 nitrogen and oxygen atoms in total. The Morgan fingerprint density at radius 2 is 1.68 bits per heavy atom. The van der Waals surface area contributed by atoms with Gasteiger partial charge in [0.2, 0.25) is 0 Å². The van der Waals surface area contributed by atoms with Crippen molar-refractivity contribution in [2.75, 3.05) is 12.4 Å². The highest BCUT2D eigenvalue weighted by atomic mass is 35.5. The number of methoxy groups -OCH3 is 1. The van der Waals surface area contributed by atoms with Crippen LogP contribution in [0.3, 0.4) is 0 Å². The molecule has 1 aromatic carbocycles. The van der Waals surface area contributed by atoms with E-state index in [-0.39, 0.29) is 0 Å². The normalized spacial score (nSPS) is 11.9. The van der Waals surface area contributed by atoms with Crippen LogP contribution in [0, 0.1) is 0 Å². The van der Waals surface area contributed by atoms with Gasteiger partial charge >= 0.3 is 0 Å². The third-order valence-corrected chi connectivity index (χ3v) is 6.17. The summed E-state index contributed by atoms with van der Waals surface area (Å²) in [6, 6.07) is 4.02. The summed E-state index contributed by atoms with van der Waals surface area (Å²) in [6.07, 6.45) is 4.84. The second kappa shape index (κ2) is 8.46. The van der Waals surface area contributed by atoms with Gasteiger partial charge in [-0.3, -0.25) is 4.99 Å². The predicted octanol–water partition coefficient (Wildman–Crippen LogP) is 4.51. The number of aromatic nitrogens is 6. The molecule has 1 N–H and O–H groups in total. The minimum Gasteiger partial charge on any atom is -0.495 e. The number of anilines is 2. The molecule has 0 fully saturated rings. The van der Waals surface area contributed by atoms with E-state index in [0.29, 0.717) is 23.0 Å². The average Bonchev–Trinajstić information content (AvgIpc) is 3.54. The van der Waals surface area contributed by atoms with Crippen LogP contribution in [-0.2, 0) is 6.54 Å². The maximum Gasteiger partial charge on any atom is 0.161 e. The van der Waals surface area contributed by atoms with Crippen LogP contribution in [0.25, 0.3) is 20.7 Å². The Morgan fingerprint density at radius 1 is 0.935 bits per heavy atom. The molecule has 31 heavy (non-hydrogen) atoms. The van der Waals surface area contributed by atoms with Crippen molar-refractivity contribution in [3.63, 3.8) is 0 Å². The molecular weight excluding hydrogens is 456 g/mol. The number of fused-ring (bicyclic) bond motifs is 3.